The highest BCUT2D eigenvalue weighted by atomic mass is 127. The topological polar surface area (TPSA) is 78.4 Å². The first-order valence-corrected chi connectivity index (χ1v) is 6.43. The number of terminal acetylenes is 1. The van der Waals surface area contributed by atoms with E-state index in [2.05, 4.69) is 16.6 Å². The SMILES string of the molecule is C#CC(C)(C)NC(=O)Nc1ccc(I)cc1C(=O)O. The van der Waals surface area contributed by atoms with Gasteiger partial charge in [0.25, 0.3) is 0 Å². The minimum absolute atomic E-state index is 0.0283. The number of amides is 2. The molecule has 0 aromatic heterocycles. The average molecular weight is 372 g/mol. The molecule has 6 heteroatoms. The molecule has 0 radical (unpaired) electrons. The van der Waals surface area contributed by atoms with Crippen molar-refractivity contribution >= 4 is 40.3 Å². The lowest BCUT2D eigenvalue weighted by Gasteiger charge is -2.20. The highest BCUT2D eigenvalue weighted by molar-refractivity contribution is 14.1. The van der Waals surface area contributed by atoms with Gasteiger partial charge in [-0.25, -0.2) is 9.59 Å². The zero-order chi connectivity index (χ0) is 14.6. The summed E-state index contributed by atoms with van der Waals surface area (Å²) >= 11 is 2.00. The monoisotopic (exact) mass is 372 g/mol. The lowest BCUT2D eigenvalue weighted by atomic mass is 10.1. The van der Waals surface area contributed by atoms with Crippen molar-refractivity contribution in [3.8, 4) is 12.3 Å². The molecular formula is C13H13IN2O3. The van der Waals surface area contributed by atoms with Crippen LogP contribution in [0.25, 0.3) is 0 Å². The van der Waals surface area contributed by atoms with Crippen LogP contribution in [0, 0.1) is 15.9 Å². The van der Waals surface area contributed by atoms with E-state index in [4.69, 9.17) is 11.5 Å². The van der Waals surface area contributed by atoms with Crippen molar-refractivity contribution in [3.63, 3.8) is 0 Å². The van der Waals surface area contributed by atoms with E-state index in [9.17, 15) is 9.59 Å². The highest BCUT2D eigenvalue weighted by Gasteiger charge is 2.18. The van der Waals surface area contributed by atoms with Gasteiger partial charge in [0.05, 0.1) is 16.8 Å². The van der Waals surface area contributed by atoms with Crippen LogP contribution in [0.1, 0.15) is 24.2 Å². The summed E-state index contributed by atoms with van der Waals surface area (Å²) in [6, 6.07) is 4.17. The van der Waals surface area contributed by atoms with Crippen LogP contribution in [-0.2, 0) is 0 Å². The van der Waals surface area contributed by atoms with Crippen molar-refractivity contribution < 1.29 is 14.7 Å². The summed E-state index contributed by atoms with van der Waals surface area (Å²) in [5.74, 6) is 1.31. The van der Waals surface area contributed by atoms with Gasteiger partial charge in [0.15, 0.2) is 0 Å². The molecule has 1 aromatic carbocycles. The largest absolute Gasteiger partial charge is 0.478 e. The lowest BCUT2D eigenvalue weighted by molar-refractivity contribution is 0.0698. The van der Waals surface area contributed by atoms with Crippen LogP contribution in [0.4, 0.5) is 10.5 Å². The van der Waals surface area contributed by atoms with Gasteiger partial charge in [-0.2, -0.15) is 0 Å². The van der Waals surface area contributed by atoms with E-state index in [0.717, 1.165) is 3.57 Å². The molecule has 0 aliphatic heterocycles. The van der Waals surface area contributed by atoms with Gasteiger partial charge in [-0.3, -0.25) is 0 Å². The molecule has 0 fully saturated rings. The number of hydrogen-bond donors (Lipinski definition) is 3. The van der Waals surface area contributed by atoms with E-state index in [1.165, 1.54) is 12.1 Å². The average Bonchev–Trinajstić information content (AvgIpc) is 2.30. The summed E-state index contributed by atoms with van der Waals surface area (Å²) in [6.07, 6.45) is 5.26. The maximum Gasteiger partial charge on any atom is 0.337 e. The molecule has 2 amide bonds. The van der Waals surface area contributed by atoms with Crippen molar-refractivity contribution in [1.82, 2.24) is 5.32 Å². The molecule has 0 spiro atoms. The van der Waals surface area contributed by atoms with Gasteiger partial charge >= 0.3 is 12.0 Å². The van der Waals surface area contributed by atoms with Gasteiger partial charge < -0.3 is 15.7 Å². The number of anilines is 1. The fourth-order valence-electron chi connectivity index (χ4n) is 1.28. The number of benzene rings is 1. The van der Waals surface area contributed by atoms with Crippen LogP contribution >= 0.6 is 22.6 Å². The summed E-state index contributed by atoms with van der Waals surface area (Å²) in [5, 5.41) is 14.1. The zero-order valence-electron chi connectivity index (χ0n) is 10.5. The third-order valence-corrected chi connectivity index (χ3v) is 2.92. The standard InChI is InChI=1S/C13H13IN2O3/c1-4-13(2,3)16-12(19)15-10-6-5-8(14)7-9(10)11(17)18/h1,5-7H,2-3H3,(H,17,18)(H2,15,16,19). The molecule has 0 aliphatic carbocycles. The van der Waals surface area contributed by atoms with E-state index in [1.807, 2.05) is 22.6 Å². The maximum absolute atomic E-state index is 11.7. The molecule has 1 aromatic rings. The summed E-state index contributed by atoms with van der Waals surface area (Å²) in [6.45, 7) is 3.33. The molecule has 0 saturated heterocycles. The van der Waals surface area contributed by atoms with E-state index in [-0.39, 0.29) is 11.3 Å². The number of carbonyl (C=O) groups is 2. The Morgan fingerprint density at radius 1 is 1.42 bits per heavy atom. The highest BCUT2D eigenvalue weighted by Crippen LogP contribution is 2.19. The van der Waals surface area contributed by atoms with Crippen LogP contribution in [0.2, 0.25) is 0 Å². The number of carboxylic acid groups (broad SMARTS) is 1. The number of carbonyl (C=O) groups excluding carboxylic acids is 1. The molecule has 0 aliphatic rings. The Balaban J connectivity index is 2.92. The number of halogens is 1. The number of carboxylic acids is 1. The minimum atomic E-state index is -1.11. The molecule has 0 bridgehead atoms. The van der Waals surface area contributed by atoms with Crippen LogP contribution in [0.3, 0.4) is 0 Å². The van der Waals surface area contributed by atoms with Gasteiger partial charge in [0.1, 0.15) is 0 Å². The number of hydrogen-bond acceptors (Lipinski definition) is 2. The van der Waals surface area contributed by atoms with Crippen molar-refractivity contribution in [2.75, 3.05) is 5.32 Å². The first kappa shape index (κ1) is 15.3. The molecule has 0 unspecified atom stereocenters. The van der Waals surface area contributed by atoms with Gasteiger partial charge in [-0.15, -0.1) is 6.42 Å². The summed E-state index contributed by atoms with van der Waals surface area (Å²) in [4.78, 5) is 22.8. The Bertz CT molecular complexity index is 561. The smallest absolute Gasteiger partial charge is 0.337 e. The predicted octanol–water partition coefficient (Wildman–Crippen LogP) is 2.52. The van der Waals surface area contributed by atoms with E-state index >= 15 is 0 Å². The second-order valence-electron chi connectivity index (χ2n) is 4.34. The summed E-state index contributed by atoms with van der Waals surface area (Å²) < 4.78 is 0.768. The fraction of sp³-hybridized carbons (Fsp3) is 0.231. The third-order valence-electron chi connectivity index (χ3n) is 2.25. The second kappa shape index (κ2) is 5.93. The number of nitrogens with one attached hydrogen (secondary N) is 2. The molecule has 19 heavy (non-hydrogen) atoms. The first-order valence-electron chi connectivity index (χ1n) is 5.35. The van der Waals surface area contributed by atoms with Crippen LogP contribution in [0.5, 0.6) is 0 Å². The van der Waals surface area contributed by atoms with Crippen LogP contribution in [-0.4, -0.2) is 22.6 Å². The quantitative estimate of drug-likeness (QED) is 0.564. The summed E-state index contributed by atoms with van der Waals surface area (Å²) in [7, 11) is 0. The first-order chi connectivity index (χ1) is 8.75. The molecule has 0 saturated carbocycles. The van der Waals surface area contributed by atoms with E-state index < -0.39 is 17.5 Å². The van der Waals surface area contributed by atoms with Crippen molar-refractivity contribution in [2.45, 2.75) is 19.4 Å². The fourth-order valence-corrected chi connectivity index (χ4v) is 1.77. The van der Waals surface area contributed by atoms with Crippen LogP contribution < -0.4 is 10.6 Å². The van der Waals surface area contributed by atoms with E-state index in [1.54, 1.807) is 19.9 Å². The van der Waals surface area contributed by atoms with E-state index in [0.29, 0.717) is 0 Å². The van der Waals surface area contributed by atoms with Crippen molar-refractivity contribution in [1.29, 1.82) is 0 Å². The molecule has 5 nitrogen and oxygen atoms in total. The molecule has 0 atom stereocenters. The normalized spacial score (nSPS) is 10.4. The Labute approximate surface area is 124 Å². The second-order valence-corrected chi connectivity index (χ2v) is 5.59. The third kappa shape index (κ3) is 4.44. The minimum Gasteiger partial charge on any atom is -0.478 e. The van der Waals surface area contributed by atoms with Gasteiger partial charge in [-0.1, -0.05) is 5.92 Å². The number of aromatic carboxylic acids is 1. The molecule has 3 N–H and O–H groups in total. The van der Waals surface area contributed by atoms with Gasteiger partial charge in [0.2, 0.25) is 0 Å². The Morgan fingerprint density at radius 2 is 2.05 bits per heavy atom. The summed E-state index contributed by atoms with van der Waals surface area (Å²) in [5.41, 5.74) is -0.560. The number of rotatable bonds is 3. The van der Waals surface area contributed by atoms with Crippen LogP contribution in [0.15, 0.2) is 18.2 Å². The Hall–Kier alpha value is -1.75. The molecular weight excluding hydrogens is 359 g/mol. The van der Waals surface area contributed by atoms with Gasteiger partial charge in [0, 0.05) is 3.57 Å². The van der Waals surface area contributed by atoms with Gasteiger partial charge in [-0.05, 0) is 54.6 Å². The van der Waals surface area contributed by atoms with Crippen molar-refractivity contribution in [2.24, 2.45) is 0 Å². The van der Waals surface area contributed by atoms with Crippen molar-refractivity contribution in [3.05, 3.63) is 27.3 Å². The molecule has 1 rings (SSSR count). The lowest BCUT2D eigenvalue weighted by Crippen LogP contribution is -2.44. The Kier molecular flexibility index (Phi) is 4.78. The Morgan fingerprint density at radius 3 is 2.58 bits per heavy atom. The predicted molar refractivity (Wildman–Crippen MR) is 81.2 cm³/mol. The zero-order valence-corrected chi connectivity index (χ0v) is 12.6. The molecule has 100 valence electrons. The molecule has 0 heterocycles. The maximum atomic E-state index is 11.7. The number of urea groups is 1.